The highest BCUT2D eigenvalue weighted by atomic mass is 16.6. The van der Waals surface area contributed by atoms with Crippen LogP contribution < -0.4 is 5.32 Å². The molecule has 2 fully saturated rings. The lowest BCUT2D eigenvalue weighted by Gasteiger charge is -2.33. The molecule has 0 spiro atoms. The van der Waals surface area contributed by atoms with E-state index in [0.717, 1.165) is 25.7 Å². The summed E-state index contributed by atoms with van der Waals surface area (Å²) in [5.41, 5.74) is 0.673. The number of nitrogens with one attached hydrogen (secondary N) is 1. The van der Waals surface area contributed by atoms with Crippen LogP contribution >= 0.6 is 0 Å². The van der Waals surface area contributed by atoms with Crippen LogP contribution in [0.4, 0.5) is 11.4 Å². The minimum absolute atomic E-state index is 0.101. The molecule has 2 aliphatic rings. The average molecular weight is 277 g/mol. The lowest BCUT2D eigenvalue weighted by molar-refractivity contribution is -0.384. The van der Waals surface area contributed by atoms with E-state index >= 15 is 0 Å². The molecule has 1 aliphatic heterocycles. The summed E-state index contributed by atoms with van der Waals surface area (Å²) in [7, 11) is 0. The number of nitrogens with zero attached hydrogens (tertiary/aromatic N) is 2. The normalized spacial score (nSPS) is 23.5. The maximum absolute atomic E-state index is 10.9. The van der Waals surface area contributed by atoms with Gasteiger partial charge in [-0.2, -0.15) is 0 Å². The van der Waals surface area contributed by atoms with Crippen molar-refractivity contribution in [3.05, 3.63) is 34.4 Å². The smallest absolute Gasteiger partial charge is 0.292 e. The summed E-state index contributed by atoms with van der Waals surface area (Å²) < 4.78 is 5.73. The quantitative estimate of drug-likeness (QED) is 0.657. The van der Waals surface area contributed by atoms with E-state index in [0.29, 0.717) is 12.2 Å². The van der Waals surface area contributed by atoms with Crippen molar-refractivity contribution in [2.24, 2.45) is 0 Å². The SMILES string of the molecule is O=[N+]([O-])c1ccccc1NC[C@@H]1CN(C2CC2)CCO1. The molecule has 1 atom stereocenters. The minimum atomic E-state index is -0.361. The van der Waals surface area contributed by atoms with Gasteiger partial charge in [0, 0.05) is 31.7 Å². The fourth-order valence-electron chi connectivity index (χ4n) is 2.64. The summed E-state index contributed by atoms with van der Waals surface area (Å²) in [6.07, 6.45) is 2.69. The highest BCUT2D eigenvalue weighted by Gasteiger charge is 2.32. The molecule has 1 heterocycles. The summed E-state index contributed by atoms with van der Waals surface area (Å²) in [4.78, 5) is 13.1. The van der Waals surface area contributed by atoms with Crippen LogP contribution in [0.25, 0.3) is 0 Å². The molecule has 1 aliphatic carbocycles. The Hall–Kier alpha value is -1.66. The molecule has 1 aromatic rings. The van der Waals surface area contributed by atoms with Gasteiger partial charge < -0.3 is 10.1 Å². The molecule has 20 heavy (non-hydrogen) atoms. The van der Waals surface area contributed by atoms with E-state index in [4.69, 9.17) is 4.74 Å². The van der Waals surface area contributed by atoms with Gasteiger partial charge in [-0.3, -0.25) is 15.0 Å². The van der Waals surface area contributed by atoms with Crippen LogP contribution in [0.3, 0.4) is 0 Å². The molecule has 6 nitrogen and oxygen atoms in total. The van der Waals surface area contributed by atoms with Gasteiger partial charge in [0.2, 0.25) is 0 Å². The first-order chi connectivity index (χ1) is 9.74. The third-order valence-corrected chi connectivity index (χ3v) is 3.85. The number of nitro groups is 1. The molecular weight excluding hydrogens is 258 g/mol. The predicted molar refractivity (Wildman–Crippen MR) is 75.9 cm³/mol. The van der Waals surface area contributed by atoms with Crippen LogP contribution in [0.5, 0.6) is 0 Å². The highest BCUT2D eigenvalue weighted by molar-refractivity contribution is 5.61. The molecule has 3 rings (SSSR count). The molecule has 0 aromatic heterocycles. The van der Waals surface area contributed by atoms with E-state index in [1.807, 2.05) is 0 Å². The topological polar surface area (TPSA) is 67.6 Å². The van der Waals surface area contributed by atoms with Gasteiger partial charge in [0.05, 0.1) is 17.6 Å². The fourth-order valence-corrected chi connectivity index (χ4v) is 2.64. The number of hydrogen-bond acceptors (Lipinski definition) is 5. The Kier molecular flexibility index (Phi) is 3.84. The van der Waals surface area contributed by atoms with Gasteiger partial charge >= 0.3 is 0 Å². The number of hydrogen-bond donors (Lipinski definition) is 1. The van der Waals surface area contributed by atoms with Crippen LogP contribution in [0.15, 0.2) is 24.3 Å². The Morgan fingerprint density at radius 2 is 2.20 bits per heavy atom. The molecule has 0 unspecified atom stereocenters. The maximum atomic E-state index is 10.9. The van der Waals surface area contributed by atoms with E-state index in [-0.39, 0.29) is 16.7 Å². The molecule has 1 aromatic carbocycles. The zero-order valence-corrected chi connectivity index (χ0v) is 11.3. The van der Waals surface area contributed by atoms with Crippen molar-refractivity contribution in [2.75, 3.05) is 31.6 Å². The standard InChI is InChI=1S/C14H19N3O3/c18-17(19)14-4-2-1-3-13(14)15-9-12-10-16(7-8-20-12)11-5-6-11/h1-4,11-12,15H,5-10H2/t12-/m1/s1. The highest BCUT2D eigenvalue weighted by Crippen LogP contribution is 2.28. The first-order valence-corrected chi connectivity index (χ1v) is 7.07. The summed E-state index contributed by atoms with van der Waals surface area (Å²) in [5.74, 6) is 0. The van der Waals surface area contributed by atoms with Gasteiger partial charge in [0.15, 0.2) is 0 Å². The van der Waals surface area contributed by atoms with E-state index in [2.05, 4.69) is 10.2 Å². The van der Waals surface area contributed by atoms with Gasteiger partial charge in [0.25, 0.3) is 5.69 Å². The van der Waals surface area contributed by atoms with Crippen molar-refractivity contribution in [3.63, 3.8) is 0 Å². The minimum Gasteiger partial charge on any atom is -0.377 e. The first-order valence-electron chi connectivity index (χ1n) is 7.07. The van der Waals surface area contributed by atoms with Crippen LogP contribution in [0.1, 0.15) is 12.8 Å². The van der Waals surface area contributed by atoms with Crippen molar-refractivity contribution in [1.82, 2.24) is 4.90 Å². The summed E-state index contributed by atoms with van der Waals surface area (Å²) in [6.45, 7) is 3.28. The van der Waals surface area contributed by atoms with Crippen molar-refractivity contribution >= 4 is 11.4 Å². The van der Waals surface area contributed by atoms with Crippen LogP contribution in [-0.4, -0.2) is 48.2 Å². The van der Waals surface area contributed by atoms with Crippen molar-refractivity contribution in [2.45, 2.75) is 25.0 Å². The van der Waals surface area contributed by atoms with Crippen LogP contribution in [-0.2, 0) is 4.74 Å². The number of ether oxygens (including phenoxy) is 1. The Morgan fingerprint density at radius 3 is 2.95 bits per heavy atom. The molecule has 1 saturated heterocycles. The van der Waals surface area contributed by atoms with Crippen LogP contribution in [0, 0.1) is 10.1 Å². The molecule has 6 heteroatoms. The van der Waals surface area contributed by atoms with Gasteiger partial charge in [-0.15, -0.1) is 0 Å². The molecule has 0 radical (unpaired) electrons. The monoisotopic (exact) mass is 277 g/mol. The lowest BCUT2D eigenvalue weighted by atomic mass is 10.2. The van der Waals surface area contributed by atoms with Crippen molar-refractivity contribution < 1.29 is 9.66 Å². The third kappa shape index (κ3) is 3.08. The van der Waals surface area contributed by atoms with Crippen molar-refractivity contribution in [1.29, 1.82) is 0 Å². The zero-order chi connectivity index (χ0) is 13.9. The second-order valence-corrected chi connectivity index (χ2v) is 5.37. The van der Waals surface area contributed by atoms with Gasteiger partial charge in [-0.05, 0) is 18.9 Å². The Balaban J connectivity index is 1.57. The third-order valence-electron chi connectivity index (χ3n) is 3.85. The number of benzene rings is 1. The number of rotatable bonds is 5. The first kappa shape index (κ1) is 13.3. The van der Waals surface area contributed by atoms with Gasteiger partial charge in [-0.25, -0.2) is 0 Å². The Morgan fingerprint density at radius 1 is 1.40 bits per heavy atom. The fraction of sp³-hybridized carbons (Fsp3) is 0.571. The predicted octanol–water partition coefficient (Wildman–Crippen LogP) is 1.87. The Bertz CT molecular complexity index is 490. The second kappa shape index (κ2) is 5.76. The molecule has 1 saturated carbocycles. The number of nitro benzene ring substituents is 1. The molecular formula is C14H19N3O3. The van der Waals surface area contributed by atoms with E-state index < -0.39 is 0 Å². The second-order valence-electron chi connectivity index (χ2n) is 5.37. The largest absolute Gasteiger partial charge is 0.377 e. The van der Waals surface area contributed by atoms with E-state index in [9.17, 15) is 10.1 Å². The summed E-state index contributed by atoms with van der Waals surface area (Å²) in [5, 5.41) is 14.1. The molecule has 1 N–H and O–H groups in total. The Labute approximate surface area is 117 Å². The molecule has 0 amide bonds. The number of morpholine rings is 1. The van der Waals surface area contributed by atoms with Gasteiger partial charge in [0.1, 0.15) is 5.69 Å². The van der Waals surface area contributed by atoms with E-state index in [1.54, 1.807) is 18.2 Å². The molecule has 0 bridgehead atoms. The average Bonchev–Trinajstić information content (AvgIpc) is 3.30. The van der Waals surface area contributed by atoms with Crippen LogP contribution in [0.2, 0.25) is 0 Å². The summed E-state index contributed by atoms with van der Waals surface area (Å²) in [6, 6.07) is 7.47. The van der Waals surface area contributed by atoms with Crippen molar-refractivity contribution in [3.8, 4) is 0 Å². The van der Waals surface area contributed by atoms with Gasteiger partial charge in [-0.1, -0.05) is 12.1 Å². The lowest BCUT2D eigenvalue weighted by Crippen LogP contribution is -2.46. The number of para-hydroxylation sites is 2. The maximum Gasteiger partial charge on any atom is 0.292 e. The van der Waals surface area contributed by atoms with E-state index in [1.165, 1.54) is 18.9 Å². The molecule has 108 valence electrons. The number of anilines is 1. The zero-order valence-electron chi connectivity index (χ0n) is 11.3. The summed E-state index contributed by atoms with van der Waals surface area (Å²) >= 11 is 0.